The average molecular weight is 623 g/mol. The lowest BCUT2D eigenvalue weighted by Gasteiger charge is -2.61. The zero-order valence-corrected chi connectivity index (χ0v) is 25.9. The van der Waals surface area contributed by atoms with E-state index in [1.54, 1.807) is 0 Å². The Morgan fingerprint density at radius 3 is 2.64 bits per heavy atom. The molecule has 3 N–H and O–H groups in total. The molecule has 44 heavy (non-hydrogen) atoms. The van der Waals surface area contributed by atoms with Crippen molar-refractivity contribution in [1.82, 2.24) is 9.80 Å². The molecule has 12 nitrogen and oxygen atoms in total. The molecule has 13 heteroatoms. The number of rotatable bonds is 2. The van der Waals surface area contributed by atoms with Crippen LogP contribution in [0.5, 0.6) is 28.7 Å². The Hall–Kier alpha value is -3.70. The normalized spacial score (nSPS) is 30.4. The summed E-state index contributed by atoms with van der Waals surface area (Å²) in [5, 5.41) is 22.1. The fourth-order valence-corrected chi connectivity index (χ4v) is 9.42. The highest BCUT2D eigenvalue weighted by atomic mass is 32.2. The number of phenols is 1. The molecule has 5 heterocycles. The van der Waals surface area contributed by atoms with Crippen molar-refractivity contribution in [1.29, 1.82) is 5.26 Å². The van der Waals surface area contributed by atoms with Gasteiger partial charge in [0.1, 0.15) is 24.4 Å². The molecule has 0 amide bonds. The van der Waals surface area contributed by atoms with E-state index in [0.29, 0.717) is 40.5 Å². The standard InChI is InChI=1S/C31H34N4O8S/c1-12-6-15-7-17-18(8-32)35-19-9-40-31(38)16(33)10-44-30(24(35)23(34(17)4)20(15)25(37)26(12)39-5)22-21(19)29-28(41-11-42-29)13(2)27(22)43-14(3)36/h6,16-19,23-24,30,37H,7,9-11,33H2,1-5H3/t16-,17+,18-,19-,23-,24+,30?/m0/s1. The van der Waals surface area contributed by atoms with Crippen LogP contribution >= 0.6 is 11.8 Å². The summed E-state index contributed by atoms with van der Waals surface area (Å²) in [5.74, 6) is 0.953. The lowest BCUT2D eigenvalue weighted by Crippen LogP contribution is -2.69. The summed E-state index contributed by atoms with van der Waals surface area (Å²) < 4.78 is 29.4. The fraction of sp³-hybridized carbons (Fsp3) is 0.516. The highest BCUT2D eigenvalue weighted by Gasteiger charge is 2.60. The second-order valence-corrected chi connectivity index (χ2v) is 13.2. The molecule has 0 aliphatic carbocycles. The molecule has 4 bridgehead atoms. The van der Waals surface area contributed by atoms with Gasteiger partial charge in [0.2, 0.25) is 6.79 Å². The molecule has 2 aromatic carbocycles. The number of methoxy groups -OCH3 is 1. The van der Waals surface area contributed by atoms with Crippen LogP contribution in [0.4, 0.5) is 0 Å². The van der Waals surface area contributed by atoms with E-state index in [-0.39, 0.29) is 30.9 Å². The molecule has 2 fully saturated rings. The number of likely N-dealkylation sites (N-methyl/N-ethyl adjacent to an activating group) is 1. The maximum absolute atomic E-state index is 13.0. The van der Waals surface area contributed by atoms with Crippen molar-refractivity contribution in [3.8, 4) is 34.8 Å². The van der Waals surface area contributed by atoms with Crippen LogP contribution in [0.3, 0.4) is 0 Å². The maximum Gasteiger partial charge on any atom is 0.323 e. The largest absolute Gasteiger partial charge is 0.504 e. The summed E-state index contributed by atoms with van der Waals surface area (Å²) in [5.41, 5.74) is 10.8. The molecule has 232 valence electrons. The molecule has 0 aromatic heterocycles. The van der Waals surface area contributed by atoms with E-state index in [2.05, 4.69) is 15.9 Å². The Kier molecular flexibility index (Phi) is 6.89. The van der Waals surface area contributed by atoms with Gasteiger partial charge in [0.25, 0.3) is 0 Å². The molecule has 2 saturated heterocycles. The van der Waals surface area contributed by atoms with Gasteiger partial charge in [-0.1, -0.05) is 6.07 Å². The lowest BCUT2D eigenvalue weighted by atomic mass is 9.71. The Balaban J connectivity index is 1.56. The number of aromatic hydroxyl groups is 1. The van der Waals surface area contributed by atoms with Gasteiger partial charge in [-0.2, -0.15) is 5.26 Å². The van der Waals surface area contributed by atoms with Crippen LogP contribution in [0.1, 0.15) is 57.6 Å². The number of hydrogen-bond acceptors (Lipinski definition) is 13. The topological polar surface area (TPSA) is 157 Å². The quantitative estimate of drug-likeness (QED) is 0.372. The average Bonchev–Trinajstić information content (AvgIpc) is 3.47. The van der Waals surface area contributed by atoms with Crippen molar-refractivity contribution in [2.24, 2.45) is 5.73 Å². The number of cyclic esters (lactones) is 1. The van der Waals surface area contributed by atoms with Crippen molar-refractivity contribution in [2.45, 2.75) is 68.7 Å². The van der Waals surface area contributed by atoms with Gasteiger partial charge in [0.15, 0.2) is 23.0 Å². The number of esters is 2. The molecule has 5 aliphatic heterocycles. The first-order valence-corrected chi connectivity index (χ1v) is 15.6. The van der Waals surface area contributed by atoms with Crippen molar-refractivity contribution in [3.63, 3.8) is 0 Å². The minimum atomic E-state index is -0.890. The molecule has 0 saturated carbocycles. The van der Waals surface area contributed by atoms with Gasteiger partial charge < -0.3 is 34.5 Å². The van der Waals surface area contributed by atoms with E-state index in [9.17, 15) is 20.0 Å². The summed E-state index contributed by atoms with van der Waals surface area (Å²) in [7, 11) is 3.51. The van der Waals surface area contributed by atoms with Gasteiger partial charge in [-0.3, -0.25) is 19.4 Å². The van der Waals surface area contributed by atoms with Gasteiger partial charge >= 0.3 is 11.9 Å². The second kappa shape index (κ2) is 10.4. The number of nitriles is 1. The molecule has 7 atom stereocenters. The Labute approximate surface area is 258 Å². The number of carbonyl (C=O) groups excluding carboxylic acids is 2. The Bertz CT molecular complexity index is 1640. The van der Waals surface area contributed by atoms with Gasteiger partial charge in [0.05, 0.1) is 30.5 Å². The smallest absolute Gasteiger partial charge is 0.323 e. The lowest BCUT2D eigenvalue weighted by molar-refractivity contribution is -0.150. The van der Waals surface area contributed by atoms with Crippen LogP contribution in [0.2, 0.25) is 0 Å². The third-order valence-corrected chi connectivity index (χ3v) is 11.1. The number of nitrogens with zero attached hydrogens (tertiary/aromatic N) is 3. The van der Waals surface area contributed by atoms with E-state index in [0.717, 1.165) is 22.3 Å². The number of phenolic OH excluding ortho intramolecular Hbond substituents is 1. The third kappa shape index (κ3) is 3.94. The fourth-order valence-electron chi connectivity index (χ4n) is 7.98. The number of aryl methyl sites for hydroxylation is 1. The number of hydrogen-bond donors (Lipinski definition) is 2. The molecule has 0 spiro atoms. The molecular formula is C31H34N4O8S. The number of fused-ring (bicyclic) bond motifs is 9. The number of nitrogens with two attached hydrogens (primary N) is 1. The van der Waals surface area contributed by atoms with Crippen molar-refractivity contribution >= 4 is 23.7 Å². The summed E-state index contributed by atoms with van der Waals surface area (Å²) in [6.07, 6.45) is 0.522. The van der Waals surface area contributed by atoms with Crippen LogP contribution in [0.15, 0.2) is 6.07 Å². The minimum absolute atomic E-state index is 0.0270. The van der Waals surface area contributed by atoms with E-state index in [1.165, 1.54) is 25.8 Å². The number of ether oxygens (including phenoxy) is 5. The molecule has 2 aromatic rings. The minimum Gasteiger partial charge on any atom is -0.504 e. The number of thioether (sulfide) groups is 1. The van der Waals surface area contributed by atoms with E-state index in [4.69, 9.17) is 29.4 Å². The predicted octanol–water partition coefficient (Wildman–Crippen LogP) is 2.56. The van der Waals surface area contributed by atoms with Crippen LogP contribution in [-0.4, -0.2) is 84.3 Å². The number of carbonyl (C=O) groups is 2. The van der Waals surface area contributed by atoms with Gasteiger partial charge in [-0.05, 0) is 38.4 Å². The van der Waals surface area contributed by atoms with Crippen LogP contribution in [0.25, 0.3) is 0 Å². The highest BCUT2D eigenvalue weighted by Crippen LogP contribution is 2.64. The monoisotopic (exact) mass is 622 g/mol. The van der Waals surface area contributed by atoms with Gasteiger partial charge in [-0.25, -0.2) is 0 Å². The molecule has 1 unspecified atom stereocenters. The van der Waals surface area contributed by atoms with E-state index >= 15 is 0 Å². The molecule has 7 rings (SSSR count). The Morgan fingerprint density at radius 1 is 1.18 bits per heavy atom. The first-order chi connectivity index (χ1) is 21.1. The van der Waals surface area contributed by atoms with E-state index in [1.807, 2.05) is 27.0 Å². The van der Waals surface area contributed by atoms with Crippen molar-refractivity contribution < 1.29 is 38.4 Å². The molecule has 5 aliphatic rings. The number of piperazine rings is 1. The summed E-state index contributed by atoms with van der Waals surface area (Å²) in [6.45, 7) is 4.93. The van der Waals surface area contributed by atoms with Crippen LogP contribution < -0.4 is 24.7 Å². The van der Waals surface area contributed by atoms with E-state index < -0.39 is 47.4 Å². The molecule has 0 radical (unpaired) electrons. The van der Waals surface area contributed by atoms with Crippen molar-refractivity contribution in [2.75, 3.05) is 33.3 Å². The zero-order valence-electron chi connectivity index (χ0n) is 25.1. The Morgan fingerprint density at radius 2 is 1.93 bits per heavy atom. The predicted molar refractivity (Wildman–Crippen MR) is 158 cm³/mol. The van der Waals surface area contributed by atoms with Crippen molar-refractivity contribution in [3.05, 3.63) is 39.4 Å². The summed E-state index contributed by atoms with van der Waals surface area (Å²) in [4.78, 5) is 29.8. The molecular weight excluding hydrogens is 588 g/mol. The van der Waals surface area contributed by atoms with Crippen LogP contribution in [0, 0.1) is 25.2 Å². The second-order valence-electron chi connectivity index (χ2n) is 12.0. The SMILES string of the molecule is COc1c(C)cc2c(c1O)[C@H]1[C@@H]3C4SC[C@H](N)C(=O)OC[C@@H](c5c6c(c(C)c(OC(C)=O)c54)OCO6)N3[C@@H](C#N)[C@@H](C2)N1C. The maximum atomic E-state index is 13.0. The number of benzene rings is 2. The summed E-state index contributed by atoms with van der Waals surface area (Å²) in [6, 6.07) is 1.36. The summed E-state index contributed by atoms with van der Waals surface area (Å²) >= 11 is 1.44. The zero-order chi connectivity index (χ0) is 31.2. The first-order valence-electron chi connectivity index (χ1n) is 14.5. The van der Waals surface area contributed by atoms with Gasteiger partial charge in [0, 0.05) is 47.0 Å². The van der Waals surface area contributed by atoms with Crippen LogP contribution in [-0.2, 0) is 20.7 Å². The van der Waals surface area contributed by atoms with Gasteiger partial charge in [-0.15, -0.1) is 11.8 Å². The highest BCUT2D eigenvalue weighted by molar-refractivity contribution is 7.99. The third-order valence-electron chi connectivity index (χ3n) is 9.69. The first kappa shape index (κ1) is 29.0.